The molecule has 1 rings (SSSR count). The van der Waals surface area contributed by atoms with Gasteiger partial charge in [-0.25, -0.2) is 0 Å². The van der Waals surface area contributed by atoms with Gasteiger partial charge in [-0.3, -0.25) is 0 Å². The molecule has 1 saturated heterocycles. The molecule has 1 aliphatic heterocycles. The molecule has 72 valence electrons. The van der Waals surface area contributed by atoms with Crippen LogP contribution in [0.15, 0.2) is 0 Å². The summed E-state index contributed by atoms with van der Waals surface area (Å²) in [5.74, 6) is -0.388. The second-order valence-corrected chi connectivity index (χ2v) is 4.59. The third kappa shape index (κ3) is 1.64. The topological polar surface area (TPSA) is 18.5 Å². The number of hydrogen-bond acceptors (Lipinski definition) is 2. The van der Waals surface area contributed by atoms with Crippen molar-refractivity contribution < 1.29 is 9.47 Å². The molecule has 1 heterocycles. The van der Waals surface area contributed by atoms with E-state index >= 15 is 0 Å². The molecule has 0 aromatic rings. The quantitative estimate of drug-likeness (QED) is 0.637. The summed E-state index contributed by atoms with van der Waals surface area (Å²) in [5, 5.41) is 0. The Bertz CT molecular complexity index is 163. The van der Waals surface area contributed by atoms with Crippen LogP contribution in [0.2, 0.25) is 0 Å². The molecule has 0 N–H and O–H groups in total. The molecule has 12 heavy (non-hydrogen) atoms. The van der Waals surface area contributed by atoms with Gasteiger partial charge < -0.3 is 9.47 Å². The summed E-state index contributed by atoms with van der Waals surface area (Å²) in [7, 11) is 0. The van der Waals surface area contributed by atoms with Crippen molar-refractivity contribution in [3.8, 4) is 0 Å². The van der Waals surface area contributed by atoms with Crippen LogP contribution in [0.25, 0.3) is 0 Å². The van der Waals surface area contributed by atoms with Crippen molar-refractivity contribution in [3.05, 3.63) is 0 Å². The molecule has 0 aromatic carbocycles. The lowest BCUT2D eigenvalue weighted by Crippen LogP contribution is -2.42. The predicted molar refractivity (Wildman–Crippen MR) is 49.0 cm³/mol. The van der Waals surface area contributed by atoms with Crippen LogP contribution in [0, 0.1) is 5.41 Å². The molecular formula is C10H20O2. The smallest absolute Gasteiger partial charge is 0.170 e. The van der Waals surface area contributed by atoms with E-state index < -0.39 is 0 Å². The first-order valence-corrected chi connectivity index (χ1v) is 4.69. The summed E-state index contributed by atoms with van der Waals surface area (Å²) in [4.78, 5) is 0. The van der Waals surface area contributed by atoms with Crippen molar-refractivity contribution in [1.82, 2.24) is 0 Å². The van der Waals surface area contributed by atoms with E-state index in [-0.39, 0.29) is 17.3 Å². The van der Waals surface area contributed by atoms with E-state index in [1.807, 2.05) is 20.8 Å². The molecule has 1 aliphatic rings. The molecule has 0 radical (unpaired) electrons. The van der Waals surface area contributed by atoms with Gasteiger partial charge in [-0.15, -0.1) is 0 Å². The minimum Gasteiger partial charge on any atom is -0.350 e. The Morgan fingerprint density at radius 1 is 1.25 bits per heavy atom. The van der Waals surface area contributed by atoms with Gasteiger partial charge in [-0.2, -0.15) is 0 Å². The Kier molecular flexibility index (Phi) is 2.50. The van der Waals surface area contributed by atoms with E-state index in [4.69, 9.17) is 9.47 Å². The number of hydrogen-bond donors (Lipinski definition) is 0. The zero-order valence-electron chi connectivity index (χ0n) is 8.81. The number of ether oxygens (including phenoxy) is 2. The first-order chi connectivity index (χ1) is 5.37. The van der Waals surface area contributed by atoms with Gasteiger partial charge in [0.25, 0.3) is 0 Å². The van der Waals surface area contributed by atoms with Crippen LogP contribution in [0.3, 0.4) is 0 Å². The highest BCUT2D eigenvalue weighted by Crippen LogP contribution is 2.44. The second-order valence-electron chi connectivity index (χ2n) is 4.59. The molecule has 0 spiro atoms. The fourth-order valence-corrected chi connectivity index (χ4v) is 1.57. The highest BCUT2D eigenvalue weighted by Gasteiger charge is 2.48. The van der Waals surface area contributed by atoms with Crippen LogP contribution in [0.4, 0.5) is 0 Å². The van der Waals surface area contributed by atoms with Gasteiger partial charge in [0.05, 0.1) is 12.7 Å². The molecule has 2 nitrogen and oxygen atoms in total. The van der Waals surface area contributed by atoms with Gasteiger partial charge in [0.15, 0.2) is 5.79 Å². The summed E-state index contributed by atoms with van der Waals surface area (Å²) in [6, 6.07) is 0. The molecule has 2 heteroatoms. The first-order valence-electron chi connectivity index (χ1n) is 4.69. The van der Waals surface area contributed by atoms with Crippen molar-refractivity contribution in [2.45, 2.75) is 52.9 Å². The molecule has 0 bridgehead atoms. The zero-order valence-corrected chi connectivity index (χ0v) is 8.81. The predicted octanol–water partition coefficient (Wildman–Crippen LogP) is 2.57. The molecular weight excluding hydrogens is 152 g/mol. The van der Waals surface area contributed by atoms with Crippen molar-refractivity contribution in [2.75, 3.05) is 6.61 Å². The van der Waals surface area contributed by atoms with Gasteiger partial charge in [-0.1, -0.05) is 13.8 Å². The summed E-state index contributed by atoms with van der Waals surface area (Å²) in [6.07, 6.45) is 1.31. The van der Waals surface area contributed by atoms with Crippen LogP contribution >= 0.6 is 0 Å². The maximum absolute atomic E-state index is 5.79. The zero-order chi connectivity index (χ0) is 9.41. The first kappa shape index (κ1) is 10.0. The molecule has 0 amide bonds. The van der Waals surface area contributed by atoms with E-state index in [1.54, 1.807) is 0 Å². The molecule has 0 aliphatic carbocycles. The highest BCUT2D eigenvalue weighted by molar-refractivity contribution is 4.89. The summed E-state index contributed by atoms with van der Waals surface area (Å²) >= 11 is 0. The highest BCUT2D eigenvalue weighted by atomic mass is 16.7. The van der Waals surface area contributed by atoms with Gasteiger partial charge in [0.1, 0.15) is 0 Å². The Morgan fingerprint density at radius 3 is 2.17 bits per heavy atom. The van der Waals surface area contributed by atoms with E-state index in [2.05, 4.69) is 13.8 Å². The lowest BCUT2D eigenvalue weighted by Gasteiger charge is -2.37. The van der Waals surface area contributed by atoms with Gasteiger partial charge in [-0.05, 0) is 27.2 Å². The van der Waals surface area contributed by atoms with E-state index in [0.717, 1.165) is 13.0 Å². The normalized spacial score (nSPS) is 34.5. The molecule has 1 fully saturated rings. The lowest BCUT2D eigenvalue weighted by atomic mass is 9.83. The second kappa shape index (κ2) is 3.00. The summed E-state index contributed by atoms with van der Waals surface area (Å²) < 4.78 is 11.4. The van der Waals surface area contributed by atoms with Gasteiger partial charge in [0.2, 0.25) is 0 Å². The van der Waals surface area contributed by atoms with Gasteiger partial charge >= 0.3 is 0 Å². The fourth-order valence-electron chi connectivity index (χ4n) is 1.57. The monoisotopic (exact) mass is 172 g/mol. The van der Waals surface area contributed by atoms with E-state index in [0.29, 0.717) is 0 Å². The lowest BCUT2D eigenvalue weighted by molar-refractivity contribution is -0.256. The van der Waals surface area contributed by atoms with Crippen LogP contribution in [0.1, 0.15) is 41.0 Å². The van der Waals surface area contributed by atoms with Crippen LogP contribution < -0.4 is 0 Å². The standard InChI is InChI=1S/C10H20O2/c1-8(2)12-10(5)9(3,4)6-7-11-10/h8H,6-7H2,1-5H3. The van der Waals surface area contributed by atoms with Crippen molar-refractivity contribution in [3.63, 3.8) is 0 Å². The molecule has 1 atom stereocenters. The van der Waals surface area contributed by atoms with E-state index in [9.17, 15) is 0 Å². The van der Waals surface area contributed by atoms with Crippen molar-refractivity contribution in [1.29, 1.82) is 0 Å². The van der Waals surface area contributed by atoms with Crippen LogP contribution in [-0.2, 0) is 9.47 Å². The molecule has 0 saturated carbocycles. The van der Waals surface area contributed by atoms with E-state index in [1.165, 1.54) is 0 Å². The fraction of sp³-hybridized carbons (Fsp3) is 1.00. The maximum atomic E-state index is 5.79. The SMILES string of the molecule is CC(C)OC1(C)OCCC1(C)C. The minimum atomic E-state index is -0.388. The molecule has 1 unspecified atom stereocenters. The average molecular weight is 172 g/mol. The van der Waals surface area contributed by atoms with Crippen LogP contribution in [0.5, 0.6) is 0 Å². The minimum absolute atomic E-state index is 0.136. The number of rotatable bonds is 2. The summed E-state index contributed by atoms with van der Waals surface area (Å²) in [6.45, 7) is 11.3. The summed E-state index contributed by atoms with van der Waals surface area (Å²) in [5.41, 5.74) is 0.136. The van der Waals surface area contributed by atoms with Crippen LogP contribution in [-0.4, -0.2) is 18.5 Å². The van der Waals surface area contributed by atoms with Gasteiger partial charge in [0, 0.05) is 5.41 Å². The Balaban J connectivity index is 2.69. The maximum Gasteiger partial charge on any atom is 0.170 e. The third-order valence-electron chi connectivity index (χ3n) is 2.79. The Hall–Kier alpha value is -0.0800. The Morgan fingerprint density at radius 2 is 1.83 bits per heavy atom. The Labute approximate surface area is 75.2 Å². The largest absolute Gasteiger partial charge is 0.350 e. The third-order valence-corrected chi connectivity index (χ3v) is 2.79. The molecule has 0 aromatic heterocycles. The van der Waals surface area contributed by atoms with Crippen molar-refractivity contribution in [2.24, 2.45) is 5.41 Å². The van der Waals surface area contributed by atoms with Crippen molar-refractivity contribution >= 4 is 0 Å². The average Bonchev–Trinajstić information content (AvgIpc) is 2.05.